The highest BCUT2D eigenvalue weighted by Crippen LogP contribution is 2.14. The molecule has 5 N–H and O–H groups in total. The van der Waals surface area contributed by atoms with Gasteiger partial charge in [0.2, 0.25) is 5.91 Å². The summed E-state index contributed by atoms with van der Waals surface area (Å²) in [5, 5.41) is 2.73. The van der Waals surface area contributed by atoms with Crippen molar-refractivity contribution in [2.24, 2.45) is 5.73 Å². The number of hydrogen-bond donors (Lipinski definition) is 4. The molecular weight excluding hydrogens is 232 g/mol. The summed E-state index contributed by atoms with van der Waals surface area (Å²) in [5.41, 5.74) is 7.43. The first-order chi connectivity index (χ1) is 8.60. The van der Waals surface area contributed by atoms with Crippen molar-refractivity contribution in [3.8, 4) is 0 Å². The number of aromatic amines is 2. The zero-order chi connectivity index (χ0) is 13.1. The molecule has 0 aliphatic rings. The molecule has 0 unspecified atom stereocenters. The van der Waals surface area contributed by atoms with Gasteiger partial charge in [-0.05, 0) is 24.6 Å². The average Bonchev–Trinajstić information content (AvgIpc) is 2.68. The minimum atomic E-state index is -0.504. The lowest BCUT2D eigenvalue weighted by Crippen LogP contribution is -2.35. The van der Waals surface area contributed by atoms with E-state index in [1.807, 2.05) is 6.92 Å². The van der Waals surface area contributed by atoms with E-state index in [2.05, 4.69) is 15.3 Å². The SMILES string of the molecule is CCC[C@H](N)C(=O)Nc1ccc2[nH]c(=O)[nH]c2c1. The van der Waals surface area contributed by atoms with Crippen molar-refractivity contribution in [3.63, 3.8) is 0 Å². The molecule has 2 rings (SSSR count). The summed E-state index contributed by atoms with van der Waals surface area (Å²) >= 11 is 0. The number of benzene rings is 1. The monoisotopic (exact) mass is 248 g/mol. The van der Waals surface area contributed by atoms with E-state index >= 15 is 0 Å². The van der Waals surface area contributed by atoms with Crippen LogP contribution in [-0.4, -0.2) is 21.9 Å². The summed E-state index contributed by atoms with van der Waals surface area (Å²) in [6.07, 6.45) is 1.51. The predicted octanol–water partition coefficient (Wildman–Crippen LogP) is 0.922. The molecule has 1 heterocycles. The minimum Gasteiger partial charge on any atom is -0.325 e. The Labute approximate surface area is 104 Å². The largest absolute Gasteiger partial charge is 0.325 e. The van der Waals surface area contributed by atoms with Gasteiger partial charge < -0.3 is 21.0 Å². The van der Waals surface area contributed by atoms with Gasteiger partial charge >= 0.3 is 5.69 Å². The molecule has 0 radical (unpaired) electrons. The average molecular weight is 248 g/mol. The Morgan fingerprint density at radius 3 is 2.83 bits per heavy atom. The third-order valence-corrected chi connectivity index (χ3v) is 2.72. The third-order valence-electron chi connectivity index (χ3n) is 2.72. The highest BCUT2D eigenvalue weighted by atomic mass is 16.2. The zero-order valence-corrected chi connectivity index (χ0v) is 10.1. The molecule has 0 fully saturated rings. The number of carbonyl (C=O) groups is 1. The molecule has 2 aromatic rings. The Balaban J connectivity index is 2.16. The highest BCUT2D eigenvalue weighted by molar-refractivity contribution is 5.96. The quantitative estimate of drug-likeness (QED) is 0.646. The smallest absolute Gasteiger partial charge is 0.323 e. The predicted molar refractivity (Wildman–Crippen MR) is 70.4 cm³/mol. The summed E-state index contributed by atoms with van der Waals surface area (Å²) in [4.78, 5) is 28.1. The lowest BCUT2D eigenvalue weighted by molar-refractivity contribution is -0.117. The Hall–Kier alpha value is -2.08. The van der Waals surface area contributed by atoms with E-state index in [4.69, 9.17) is 5.73 Å². The number of nitrogens with two attached hydrogens (primary N) is 1. The molecule has 1 amide bonds. The molecule has 0 saturated heterocycles. The van der Waals surface area contributed by atoms with Gasteiger partial charge in [0.1, 0.15) is 0 Å². The van der Waals surface area contributed by atoms with Crippen LogP contribution in [0.15, 0.2) is 23.0 Å². The van der Waals surface area contributed by atoms with Crippen LogP contribution in [0, 0.1) is 0 Å². The van der Waals surface area contributed by atoms with Crippen LogP contribution in [0.1, 0.15) is 19.8 Å². The van der Waals surface area contributed by atoms with Gasteiger partial charge in [0.25, 0.3) is 0 Å². The number of carbonyl (C=O) groups excluding carboxylic acids is 1. The van der Waals surface area contributed by atoms with E-state index in [-0.39, 0.29) is 11.6 Å². The number of imidazole rings is 1. The van der Waals surface area contributed by atoms with Crippen LogP contribution in [0.25, 0.3) is 11.0 Å². The number of nitrogens with one attached hydrogen (secondary N) is 3. The summed E-state index contributed by atoms with van der Waals surface area (Å²) in [6.45, 7) is 1.98. The zero-order valence-electron chi connectivity index (χ0n) is 10.1. The number of amides is 1. The van der Waals surface area contributed by atoms with E-state index in [0.29, 0.717) is 23.1 Å². The maximum atomic E-state index is 11.7. The van der Waals surface area contributed by atoms with Crippen LogP contribution in [0.3, 0.4) is 0 Å². The van der Waals surface area contributed by atoms with Crippen molar-refractivity contribution in [3.05, 3.63) is 28.7 Å². The fourth-order valence-electron chi connectivity index (χ4n) is 1.79. The summed E-state index contributed by atoms with van der Waals surface area (Å²) in [5.74, 6) is -0.214. The molecule has 0 aliphatic carbocycles. The Morgan fingerprint density at radius 2 is 2.11 bits per heavy atom. The van der Waals surface area contributed by atoms with Crippen LogP contribution in [0.4, 0.5) is 5.69 Å². The molecule has 0 saturated carbocycles. The van der Waals surface area contributed by atoms with Gasteiger partial charge in [0, 0.05) is 5.69 Å². The van der Waals surface area contributed by atoms with Gasteiger partial charge in [-0.15, -0.1) is 0 Å². The van der Waals surface area contributed by atoms with Crippen LogP contribution in [0.5, 0.6) is 0 Å². The molecule has 0 aliphatic heterocycles. The number of rotatable bonds is 4. The van der Waals surface area contributed by atoms with Crippen LogP contribution < -0.4 is 16.7 Å². The molecule has 18 heavy (non-hydrogen) atoms. The molecule has 6 heteroatoms. The van der Waals surface area contributed by atoms with Gasteiger partial charge in [-0.3, -0.25) is 4.79 Å². The number of aromatic nitrogens is 2. The lowest BCUT2D eigenvalue weighted by Gasteiger charge is -2.11. The van der Waals surface area contributed by atoms with E-state index in [1.165, 1.54) is 0 Å². The van der Waals surface area contributed by atoms with E-state index in [9.17, 15) is 9.59 Å². The minimum absolute atomic E-state index is 0.214. The second-order valence-electron chi connectivity index (χ2n) is 4.22. The Kier molecular flexibility index (Phi) is 3.47. The van der Waals surface area contributed by atoms with Crippen molar-refractivity contribution >= 4 is 22.6 Å². The van der Waals surface area contributed by atoms with E-state index < -0.39 is 6.04 Å². The van der Waals surface area contributed by atoms with Crippen LogP contribution in [0.2, 0.25) is 0 Å². The maximum Gasteiger partial charge on any atom is 0.323 e. The summed E-state index contributed by atoms with van der Waals surface area (Å²) < 4.78 is 0. The normalized spacial score (nSPS) is 12.6. The van der Waals surface area contributed by atoms with Crippen LogP contribution >= 0.6 is 0 Å². The second-order valence-corrected chi connectivity index (χ2v) is 4.22. The summed E-state index contributed by atoms with van der Waals surface area (Å²) in [7, 11) is 0. The van der Waals surface area contributed by atoms with E-state index in [0.717, 1.165) is 6.42 Å². The topological polar surface area (TPSA) is 104 Å². The van der Waals surface area contributed by atoms with Crippen molar-refractivity contribution in [2.45, 2.75) is 25.8 Å². The van der Waals surface area contributed by atoms with Crippen molar-refractivity contribution in [1.29, 1.82) is 0 Å². The third kappa shape index (κ3) is 2.60. The second kappa shape index (κ2) is 5.05. The Bertz CT molecular complexity index is 614. The number of anilines is 1. The number of fused-ring (bicyclic) bond motifs is 1. The first kappa shape index (κ1) is 12.4. The molecular formula is C12H16N4O2. The van der Waals surface area contributed by atoms with Gasteiger partial charge in [-0.25, -0.2) is 4.79 Å². The fraction of sp³-hybridized carbons (Fsp3) is 0.333. The molecule has 0 bridgehead atoms. The first-order valence-electron chi connectivity index (χ1n) is 5.88. The summed E-state index contributed by atoms with van der Waals surface area (Å²) in [6, 6.07) is 4.65. The molecule has 0 spiro atoms. The van der Waals surface area contributed by atoms with E-state index in [1.54, 1.807) is 18.2 Å². The molecule has 6 nitrogen and oxygen atoms in total. The number of H-pyrrole nitrogens is 2. The van der Waals surface area contributed by atoms with Gasteiger partial charge in [-0.1, -0.05) is 13.3 Å². The Morgan fingerprint density at radius 1 is 1.39 bits per heavy atom. The van der Waals surface area contributed by atoms with Crippen LogP contribution in [-0.2, 0) is 4.79 Å². The molecule has 96 valence electrons. The lowest BCUT2D eigenvalue weighted by atomic mass is 10.1. The molecule has 1 aromatic heterocycles. The fourth-order valence-corrected chi connectivity index (χ4v) is 1.79. The van der Waals surface area contributed by atoms with Gasteiger partial charge in [-0.2, -0.15) is 0 Å². The van der Waals surface area contributed by atoms with Crippen molar-refractivity contribution in [1.82, 2.24) is 9.97 Å². The van der Waals surface area contributed by atoms with Gasteiger partial charge in [0.05, 0.1) is 17.1 Å². The van der Waals surface area contributed by atoms with Crippen molar-refractivity contribution in [2.75, 3.05) is 5.32 Å². The molecule has 1 atom stereocenters. The standard InChI is InChI=1S/C12H16N4O2/c1-2-3-8(13)11(17)14-7-4-5-9-10(6-7)16-12(18)15-9/h4-6,8H,2-3,13H2,1H3,(H,14,17)(H2,15,16,18)/t8-/m0/s1. The maximum absolute atomic E-state index is 11.7. The van der Waals surface area contributed by atoms with Gasteiger partial charge in [0.15, 0.2) is 0 Å². The number of hydrogen-bond acceptors (Lipinski definition) is 3. The molecule has 1 aromatic carbocycles. The first-order valence-corrected chi connectivity index (χ1v) is 5.88. The highest BCUT2D eigenvalue weighted by Gasteiger charge is 2.12. The van der Waals surface area contributed by atoms with Crippen molar-refractivity contribution < 1.29 is 4.79 Å².